The van der Waals surface area contributed by atoms with Crippen molar-refractivity contribution in [1.29, 1.82) is 0 Å². The zero-order chi connectivity index (χ0) is 36.7. The molecule has 9 nitrogen and oxygen atoms in total. The first-order chi connectivity index (χ1) is 24.8. The van der Waals surface area contributed by atoms with Crippen molar-refractivity contribution in [2.45, 2.75) is 79.2 Å². The number of benzene rings is 3. The molecule has 2 aliphatic rings. The summed E-state index contributed by atoms with van der Waals surface area (Å²) >= 11 is 13.0. The molecular weight excluding hydrogens is 697 g/mol. The van der Waals surface area contributed by atoms with Gasteiger partial charge in [-0.1, -0.05) is 40.9 Å². The summed E-state index contributed by atoms with van der Waals surface area (Å²) in [5.41, 5.74) is 9.54. The van der Waals surface area contributed by atoms with Crippen LogP contribution in [0, 0.1) is 34.6 Å². The van der Waals surface area contributed by atoms with Crippen LogP contribution in [0.2, 0.25) is 10.0 Å². The lowest BCUT2D eigenvalue weighted by Crippen LogP contribution is -2.54. The van der Waals surface area contributed by atoms with Crippen molar-refractivity contribution in [3.8, 4) is 5.75 Å². The molecule has 6 aromatic rings. The number of fused-ring (bicyclic) bond motifs is 6. The van der Waals surface area contributed by atoms with Gasteiger partial charge in [0, 0.05) is 44.6 Å². The van der Waals surface area contributed by atoms with E-state index >= 15 is 4.79 Å². The molecule has 0 N–H and O–H groups in total. The SMILES string of the molecule is Cc1ccc2c(c1)cc1n2C[C@H](N2C(=O)c3c(CCCOc4cc(C)c(Cl)c(C)c4)c4ccc(Cl)cc4n3C(C)C2c2c(C)nn(C)c2C)OC1=O. The standard InChI is InChI=1S/C41H41Cl2N5O4/c1-21-10-13-32-27(15-21)18-34-41(50)52-35(20-46(32)34)48-38(36-24(4)44-45(7)25(36)5)26(6)47-33-19-28(42)11-12-30(33)31(39(47)40(48)49)9-8-14-51-29-16-22(2)37(43)23(3)17-29/h10-13,15-19,26,35,38H,8-9,14,20H2,1-7H3/t26?,35-,38?/m1/s1. The Kier molecular flexibility index (Phi) is 8.42. The molecule has 52 heavy (non-hydrogen) atoms. The fourth-order valence-electron chi connectivity index (χ4n) is 8.50. The third kappa shape index (κ3) is 5.39. The molecular formula is C41H41Cl2N5O4. The van der Waals surface area contributed by atoms with Gasteiger partial charge < -0.3 is 18.6 Å². The van der Waals surface area contributed by atoms with Crippen LogP contribution in [0.5, 0.6) is 5.75 Å². The van der Waals surface area contributed by atoms with Crippen LogP contribution in [0.3, 0.4) is 0 Å². The number of amides is 1. The van der Waals surface area contributed by atoms with Gasteiger partial charge in [-0.25, -0.2) is 4.79 Å². The summed E-state index contributed by atoms with van der Waals surface area (Å²) in [6.07, 6.45) is 0.390. The molecule has 3 aromatic carbocycles. The Balaban J connectivity index is 1.23. The van der Waals surface area contributed by atoms with Crippen LogP contribution in [-0.4, -0.2) is 48.5 Å². The number of halogens is 2. The maximum atomic E-state index is 15.4. The molecule has 0 aliphatic carbocycles. The molecule has 0 bridgehead atoms. The van der Waals surface area contributed by atoms with Crippen molar-refractivity contribution in [2.75, 3.05) is 6.61 Å². The minimum atomic E-state index is -0.862. The largest absolute Gasteiger partial charge is 0.494 e. The van der Waals surface area contributed by atoms with E-state index < -0.39 is 18.2 Å². The van der Waals surface area contributed by atoms with E-state index in [9.17, 15) is 4.79 Å². The average molecular weight is 739 g/mol. The summed E-state index contributed by atoms with van der Waals surface area (Å²) < 4.78 is 18.4. The number of aryl methyl sites for hydroxylation is 6. The van der Waals surface area contributed by atoms with Crippen LogP contribution in [0.15, 0.2) is 54.6 Å². The van der Waals surface area contributed by atoms with Gasteiger partial charge in [0.2, 0.25) is 0 Å². The number of hydrogen-bond acceptors (Lipinski definition) is 5. The zero-order valence-electron chi connectivity index (χ0n) is 30.4. The number of esters is 1. The number of cyclic esters (lactones) is 1. The summed E-state index contributed by atoms with van der Waals surface area (Å²) in [7, 11) is 1.91. The van der Waals surface area contributed by atoms with E-state index in [-0.39, 0.29) is 11.9 Å². The molecule has 0 fully saturated rings. The van der Waals surface area contributed by atoms with Gasteiger partial charge >= 0.3 is 5.97 Å². The second kappa shape index (κ2) is 12.7. The third-order valence-electron chi connectivity index (χ3n) is 10.9. The van der Waals surface area contributed by atoms with Crippen LogP contribution in [-0.2, 0) is 24.8 Å². The van der Waals surface area contributed by atoms with Crippen LogP contribution >= 0.6 is 23.2 Å². The van der Waals surface area contributed by atoms with E-state index in [1.165, 1.54) is 0 Å². The van der Waals surface area contributed by atoms with Gasteiger partial charge in [-0.3, -0.25) is 14.4 Å². The lowest BCUT2D eigenvalue weighted by molar-refractivity contribution is -0.0644. The van der Waals surface area contributed by atoms with Gasteiger partial charge in [0.15, 0.2) is 6.23 Å². The molecule has 0 saturated carbocycles. The molecule has 0 saturated heterocycles. The number of carbonyl (C=O) groups is 2. The van der Waals surface area contributed by atoms with Crippen molar-refractivity contribution in [3.63, 3.8) is 0 Å². The summed E-state index contributed by atoms with van der Waals surface area (Å²) in [4.78, 5) is 30.9. The Morgan fingerprint density at radius 2 is 1.69 bits per heavy atom. The maximum absolute atomic E-state index is 15.4. The first-order valence-electron chi connectivity index (χ1n) is 17.7. The van der Waals surface area contributed by atoms with Gasteiger partial charge in [-0.05, 0) is 114 Å². The lowest BCUT2D eigenvalue weighted by Gasteiger charge is -2.46. The molecule has 2 aliphatic heterocycles. The molecule has 0 spiro atoms. The van der Waals surface area contributed by atoms with Crippen molar-refractivity contribution in [3.05, 3.63) is 115 Å². The Labute approximate surface area is 312 Å². The monoisotopic (exact) mass is 737 g/mol. The normalized spacial score (nSPS) is 18.6. The number of hydrogen-bond donors (Lipinski definition) is 0. The molecule has 2 unspecified atom stereocenters. The van der Waals surface area contributed by atoms with Gasteiger partial charge in [0.05, 0.1) is 36.4 Å². The van der Waals surface area contributed by atoms with Crippen molar-refractivity contribution >= 4 is 56.9 Å². The van der Waals surface area contributed by atoms with E-state index in [1.54, 1.807) is 4.90 Å². The van der Waals surface area contributed by atoms with E-state index in [4.69, 9.17) is 37.8 Å². The Morgan fingerprint density at radius 1 is 0.942 bits per heavy atom. The smallest absolute Gasteiger partial charge is 0.356 e. The highest BCUT2D eigenvalue weighted by Gasteiger charge is 2.48. The molecule has 1 amide bonds. The van der Waals surface area contributed by atoms with Crippen LogP contribution in [0.25, 0.3) is 21.8 Å². The van der Waals surface area contributed by atoms with Gasteiger partial charge in [0.25, 0.3) is 5.91 Å². The molecule has 11 heteroatoms. The zero-order valence-corrected chi connectivity index (χ0v) is 31.9. The predicted octanol–water partition coefficient (Wildman–Crippen LogP) is 9.14. The third-order valence-corrected chi connectivity index (χ3v) is 11.8. The first kappa shape index (κ1) is 34.4. The van der Waals surface area contributed by atoms with Crippen LogP contribution in [0.4, 0.5) is 0 Å². The Morgan fingerprint density at radius 3 is 2.40 bits per heavy atom. The number of carbonyl (C=O) groups excluding carboxylic acids is 2. The van der Waals surface area contributed by atoms with E-state index in [2.05, 4.69) is 17.6 Å². The van der Waals surface area contributed by atoms with E-state index in [0.717, 1.165) is 71.8 Å². The highest BCUT2D eigenvalue weighted by atomic mass is 35.5. The molecule has 3 aromatic heterocycles. The fraction of sp³-hybridized carbons (Fsp3) is 0.341. The van der Waals surface area contributed by atoms with Gasteiger partial charge in [0.1, 0.15) is 17.1 Å². The topological polar surface area (TPSA) is 83.5 Å². The number of nitrogens with zero attached hydrogens (tertiary/aromatic N) is 5. The average Bonchev–Trinajstić information content (AvgIpc) is 3.71. The van der Waals surface area contributed by atoms with Crippen LogP contribution in [0.1, 0.15) is 85.6 Å². The van der Waals surface area contributed by atoms with Gasteiger partial charge in [-0.15, -0.1) is 0 Å². The van der Waals surface area contributed by atoms with E-state index in [1.807, 2.05) is 99.4 Å². The Bertz CT molecular complexity index is 2430. The molecule has 268 valence electrons. The van der Waals surface area contributed by atoms with E-state index in [0.29, 0.717) is 42.4 Å². The maximum Gasteiger partial charge on any atom is 0.356 e. The summed E-state index contributed by atoms with van der Waals surface area (Å²) in [5, 5.41) is 8.02. The minimum Gasteiger partial charge on any atom is -0.494 e. The van der Waals surface area contributed by atoms with Crippen molar-refractivity contribution < 1.29 is 19.1 Å². The van der Waals surface area contributed by atoms with Crippen molar-refractivity contribution in [1.82, 2.24) is 23.8 Å². The number of rotatable bonds is 7. The highest BCUT2D eigenvalue weighted by Crippen LogP contribution is 2.47. The number of aromatic nitrogens is 4. The molecule has 5 heterocycles. The molecule has 8 rings (SSSR count). The second-order valence-corrected chi connectivity index (χ2v) is 15.2. The lowest BCUT2D eigenvalue weighted by atomic mass is 9.92. The number of ether oxygens (including phenoxy) is 2. The van der Waals surface area contributed by atoms with Gasteiger partial charge in [-0.2, -0.15) is 5.10 Å². The molecule has 3 atom stereocenters. The quantitative estimate of drug-likeness (QED) is 0.121. The van der Waals surface area contributed by atoms with Crippen LogP contribution < -0.4 is 4.74 Å². The first-order valence-corrected chi connectivity index (χ1v) is 18.4. The summed E-state index contributed by atoms with van der Waals surface area (Å²) in [5.74, 6) is 0.112. The highest BCUT2D eigenvalue weighted by molar-refractivity contribution is 6.32. The fourth-order valence-corrected chi connectivity index (χ4v) is 8.77. The molecule has 0 radical (unpaired) electrons. The predicted molar refractivity (Wildman–Crippen MR) is 204 cm³/mol. The van der Waals surface area contributed by atoms with Crippen molar-refractivity contribution in [2.24, 2.45) is 7.05 Å². The second-order valence-electron chi connectivity index (χ2n) is 14.4. The Hall–Kier alpha value is -4.73. The summed E-state index contributed by atoms with van der Waals surface area (Å²) in [6.45, 7) is 12.8. The summed E-state index contributed by atoms with van der Waals surface area (Å²) in [6, 6.07) is 17.0. The minimum absolute atomic E-state index is 0.202.